The summed E-state index contributed by atoms with van der Waals surface area (Å²) in [5.41, 5.74) is 11.3. The van der Waals surface area contributed by atoms with Crippen LogP contribution < -0.4 is 11.5 Å². The third-order valence-electron chi connectivity index (χ3n) is 2.06. The van der Waals surface area contributed by atoms with Gasteiger partial charge in [-0.15, -0.1) is 0 Å². The van der Waals surface area contributed by atoms with E-state index in [4.69, 9.17) is 31.3 Å². The van der Waals surface area contributed by atoms with Crippen molar-refractivity contribution in [2.45, 2.75) is 37.8 Å². The van der Waals surface area contributed by atoms with Crippen molar-refractivity contribution in [1.29, 1.82) is 0 Å². The molecule has 2 unspecified atom stereocenters. The molecule has 0 spiro atoms. The molecule has 0 aromatic rings. The summed E-state index contributed by atoms with van der Waals surface area (Å²) in [6.07, 6.45) is 4.80. The van der Waals surface area contributed by atoms with Gasteiger partial charge in [-0.05, 0) is 12.8 Å². The van der Waals surface area contributed by atoms with Crippen LogP contribution in [0.2, 0.25) is 0 Å². The minimum Gasteiger partial charge on any atom is -0.473 e. The summed E-state index contributed by atoms with van der Waals surface area (Å²) in [7, 11) is 0. The summed E-state index contributed by atoms with van der Waals surface area (Å²) in [5, 5.41) is 14.8. The van der Waals surface area contributed by atoms with Crippen LogP contribution in [-0.4, -0.2) is 34.2 Å². The molecule has 0 aliphatic heterocycles. The Morgan fingerprint density at radius 3 is 1.33 bits per heavy atom. The summed E-state index contributed by atoms with van der Waals surface area (Å²) < 4.78 is 0. The summed E-state index contributed by atoms with van der Waals surface area (Å²) in [4.78, 5) is 18.2. The Morgan fingerprint density at radius 2 is 1.20 bits per heavy atom. The topological polar surface area (TPSA) is 127 Å². The molecule has 6 N–H and O–H groups in total. The van der Waals surface area contributed by atoms with Crippen LogP contribution in [0, 0.1) is 0 Å². The van der Waals surface area contributed by atoms with Crippen molar-refractivity contribution in [3.63, 3.8) is 0 Å². The zero-order valence-corrected chi connectivity index (χ0v) is 10.4. The second kappa shape index (κ2) is 8.82. The quantitative estimate of drug-likeness (QED) is 0.402. The SMILES string of the molecule is NC1CCCCC1N.O=C(O)C(=O)O.[Pt+2]. The number of nitrogens with two attached hydrogens (primary N) is 2. The van der Waals surface area contributed by atoms with Crippen LogP contribution in [0.5, 0.6) is 0 Å². The monoisotopic (exact) mass is 399 g/mol. The molecule has 1 saturated carbocycles. The maximum atomic E-state index is 9.10. The van der Waals surface area contributed by atoms with Crippen molar-refractivity contribution in [3.8, 4) is 0 Å². The molecule has 0 aromatic carbocycles. The number of rotatable bonds is 0. The van der Waals surface area contributed by atoms with Crippen LogP contribution in [-0.2, 0) is 30.7 Å². The largest absolute Gasteiger partial charge is 2.00 e. The Kier molecular flexibility index (Phi) is 9.98. The van der Waals surface area contributed by atoms with Crippen LogP contribution >= 0.6 is 0 Å². The molecule has 6 nitrogen and oxygen atoms in total. The Morgan fingerprint density at radius 1 is 0.933 bits per heavy atom. The zero-order chi connectivity index (χ0) is 11.1. The summed E-state index contributed by atoms with van der Waals surface area (Å²) in [6.45, 7) is 0. The fourth-order valence-electron chi connectivity index (χ4n) is 1.19. The molecule has 2 atom stereocenters. The van der Waals surface area contributed by atoms with Gasteiger partial charge in [0.15, 0.2) is 0 Å². The van der Waals surface area contributed by atoms with Crippen LogP contribution in [0.3, 0.4) is 0 Å². The number of carbonyl (C=O) groups is 2. The van der Waals surface area contributed by atoms with E-state index in [9.17, 15) is 0 Å². The van der Waals surface area contributed by atoms with Gasteiger partial charge in [0, 0.05) is 12.1 Å². The smallest absolute Gasteiger partial charge is 0.473 e. The van der Waals surface area contributed by atoms with E-state index in [-0.39, 0.29) is 33.1 Å². The molecule has 0 radical (unpaired) electrons. The molecular formula is C8H16N2O4Pt+2. The van der Waals surface area contributed by atoms with Gasteiger partial charge in [-0.25, -0.2) is 9.59 Å². The van der Waals surface area contributed by atoms with E-state index in [0.29, 0.717) is 0 Å². The normalized spacial score (nSPS) is 24.1. The van der Waals surface area contributed by atoms with Crippen LogP contribution in [0.25, 0.3) is 0 Å². The van der Waals surface area contributed by atoms with Crippen LogP contribution in [0.1, 0.15) is 25.7 Å². The van der Waals surface area contributed by atoms with E-state index in [2.05, 4.69) is 0 Å². The number of hydrogen-bond donors (Lipinski definition) is 4. The fourth-order valence-corrected chi connectivity index (χ4v) is 1.19. The first-order valence-electron chi connectivity index (χ1n) is 4.42. The maximum Gasteiger partial charge on any atom is 2.00 e. The van der Waals surface area contributed by atoms with Gasteiger partial charge < -0.3 is 21.7 Å². The van der Waals surface area contributed by atoms with Gasteiger partial charge in [0.2, 0.25) is 0 Å². The molecule has 7 heteroatoms. The molecular weight excluding hydrogens is 383 g/mol. The number of hydrogen-bond acceptors (Lipinski definition) is 4. The van der Waals surface area contributed by atoms with E-state index in [1.165, 1.54) is 12.8 Å². The molecule has 0 heterocycles. The third kappa shape index (κ3) is 8.54. The molecule has 0 bridgehead atoms. The van der Waals surface area contributed by atoms with Crippen molar-refractivity contribution in [1.82, 2.24) is 0 Å². The molecule has 90 valence electrons. The van der Waals surface area contributed by atoms with E-state index in [1.54, 1.807) is 0 Å². The minimum absolute atomic E-state index is 0. The van der Waals surface area contributed by atoms with E-state index < -0.39 is 11.9 Å². The molecule has 1 rings (SSSR count). The van der Waals surface area contributed by atoms with Crippen LogP contribution in [0.4, 0.5) is 0 Å². The number of carboxylic acids is 2. The van der Waals surface area contributed by atoms with Gasteiger partial charge in [0.1, 0.15) is 0 Å². The molecule has 1 fully saturated rings. The zero-order valence-electron chi connectivity index (χ0n) is 8.16. The minimum atomic E-state index is -1.82. The fraction of sp³-hybridized carbons (Fsp3) is 0.750. The first-order valence-corrected chi connectivity index (χ1v) is 4.42. The summed E-state index contributed by atoms with van der Waals surface area (Å²) >= 11 is 0. The second-order valence-electron chi connectivity index (χ2n) is 3.22. The Labute approximate surface area is 102 Å². The molecule has 0 aromatic heterocycles. The summed E-state index contributed by atoms with van der Waals surface area (Å²) in [6, 6.07) is 0.562. The van der Waals surface area contributed by atoms with Crippen LogP contribution in [0.15, 0.2) is 0 Å². The van der Waals surface area contributed by atoms with E-state index >= 15 is 0 Å². The Hall–Kier alpha value is -0.452. The van der Waals surface area contributed by atoms with Crippen molar-refractivity contribution in [2.24, 2.45) is 11.5 Å². The van der Waals surface area contributed by atoms with Gasteiger partial charge in [0.05, 0.1) is 0 Å². The molecule has 0 amide bonds. The molecule has 1 aliphatic carbocycles. The number of aliphatic carboxylic acids is 2. The predicted octanol–water partition coefficient (Wildman–Crippen LogP) is -0.632. The van der Waals surface area contributed by atoms with Crippen molar-refractivity contribution in [3.05, 3.63) is 0 Å². The average Bonchev–Trinajstić information content (AvgIpc) is 2.11. The first kappa shape index (κ1) is 17.0. The summed E-state index contributed by atoms with van der Waals surface area (Å²) in [5.74, 6) is -3.65. The van der Waals surface area contributed by atoms with Gasteiger partial charge in [0.25, 0.3) is 0 Å². The standard InChI is InChI=1S/C6H14N2.C2H2O4.Pt/c7-5-3-1-2-4-6(5)8;3-1(4)2(5)6;/h5-6H,1-4,7-8H2;(H,3,4)(H,5,6);/q;;+2. The third-order valence-corrected chi connectivity index (χ3v) is 2.06. The molecule has 0 saturated heterocycles. The van der Waals surface area contributed by atoms with Crippen molar-refractivity contribution < 1.29 is 40.9 Å². The van der Waals surface area contributed by atoms with Gasteiger partial charge in [-0.3, -0.25) is 0 Å². The van der Waals surface area contributed by atoms with Crippen molar-refractivity contribution >= 4 is 11.9 Å². The van der Waals surface area contributed by atoms with E-state index in [1.807, 2.05) is 0 Å². The second-order valence-corrected chi connectivity index (χ2v) is 3.22. The molecule has 1 aliphatic rings. The van der Waals surface area contributed by atoms with Crippen molar-refractivity contribution in [2.75, 3.05) is 0 Å². The Bertz CT molecular complexity index is 191. The van der Waals surface area contributed by atoms with Gasteiger partial charge in [-0.2, -0.15) is 0 Å². The molecule has 15 heavy (non-hydrogen) atoms. The average molecular weight is 399 g/mol. The predicted molar refractivity (Wildman–Crippen MR) is 49.7 cm³/mol. The van der Waals surface area contributed by atoms with Gasteiger partial charge >= 0.3 is 33.0 Å². The van der Waals surface area contributed by atoms with E-state index in [0.717, 1.165) is 12.8 Å². The maximum absolute atomic E-state index is 9.10. The van der Waals surface area contributed by atoms with Gasteiger partial charge in [-0.1, -0.05) is 12.8 Å². The Balaban J connectivity index is 0. The number of carboxylic acid groups (broad SMARTS) is 2. The first-order chi connectivity index (χ1) is 6.45.